The fourth-order valence-electron chi connectivity index (χ4n) is 2.69. The lowest BCUT2D eigenvalue weighted by Gasteiger charge is -2.16. The zero-order chi connectivity index (χ0) is 16.3. The maximum absolute atomic E-state index is 9.82. The van der Waals surface area contributed by atoms with Crippen LogP contribution in [-0.2, 0) is 6.61 Å². The van der Waals surface area contributed by atoms with Crippen LogP contribution in [0.5, 0.6) is 5.75 Å². The van der Waals surface area contributed by atoms with Gasteiger partial charge in [-0.3, -0.25) is 0 Å². The Labute approximate surface area is 133 Å². The SMILES string of the molecule is CC[C@@H](O)c1ccc(OCc2c(C)c(C)cc(C)c2C)cc1. The van der Waals surface area contributed by atoms with Gasteiger partial charge in [0.25, 0.3) is 0 Å². The number of hydrogen-bond donors (Lipinski definition) is 1. The van der Waals surface area contributed by atoms with Crippen LogP contribution in [0.15, 0.2) is 30.3 Å². The molecule has 0 radical (unpaired) electrons. The molecule has 2 heteroatoms. The minimum absolute atomic E-state index is 0.391. The Morgan fingerprint density at radius 2 is 1.50 bits per heavy atom. The summed E-state index contributed by atoms with van der Waals surface area (Å²) in [6, 6.07) is 9.97. The second-order valence-corrected chi connectivity index (χ2v) is 6.02. The zero-order valence-electron chi connectivity index (χ0n) is 14.2. The molecular weight excluding hydrogens is 272 g/mol. The van der Waals surface area contributed by atoms with E-state index in [0.717, 1.165) is 17.7 Å². The average molecular weight is 298 g/mol. The molecule has 0 aliphatic heterocycles. The van der Waals surface area contributed by atoms with Gasteiger partial charge >= 0.3 is 0 Å². The first-order chi connectivity index (χ1) is 10.4. The van der Waals surface area contributed by atoms with Crippen molar-refractivity contribution in [1.29, 1.82) is 0 Å². The number of ether oxygens (including phenoxy) is 1. The molecule has 22 heavy (non-hydrogen) atoms. The van der Waals surface area contributed by atoms with E-state index in [1.165, 1.54) is 27.8 Å². The molecule has 2 rings (SSSR count). The number of aryl methyl sites for hydroxylation is 2. The first-order valence-corrected chi connectivity index (χ1v) is 7.91. The van der Waals surface area contributed by atoms with Gasteiger partial charge in [0.05, 0.1) is 6.10 Å². The predicted molar refractivity (Wildman–Crippen MR) is 91.4 cm³/mol. The zero-order valence-corrected chi connectivity index (χ0v) is 14.2. The standard InChI is InChI=1S/C20H26O2/c1-6-20(21)17-7-9-18(10-8-17)22-12-19-15(4)13(2)11-14(3)16(19)5/h7-11,20-21H,6,12H2,1-5H3/t20-/m1/s1. The van der Waals surface area contributed by atoms with Gasteiger partial charge in [0, 0.05) is 0 Å². The highest BCUT2D eigenvalue weighted by Gasteiger charge is 2.09. The Bertz CT molecular complexity index is 615. The van der Waals surface area contributed by atoms with Crippen molar-refractivity contribution in [3.8, 4) is 5.75 Å². The second-order valence-electron chi connectivity index (χ2n) is 6.02. The Hall–Kier alpha value is -1.80. The summed E-state index contributed by atoms with van der Waals surface area (Å²) in [5.74, 6) is 0.838. The molecular formula is C20H26O2. The maximum atomic E-state index is 9.82. The predicted octanol–water partition coefficient (Wildman–Crippen LogP) is 4.94. The molecule has 0 unspecified atom stereocenters. The maximum Gasteiger partial charge on any atom is 0.119 e. The van der Waals surface area contributed by atoms with Gasteiger partial charge in [-0.25, -0.2) is 0 Å². The number of hydrogen-bond acceptors (Lipinski definition) is 2. The van der Waals surface area contributed by atoms with E-state index < -0.39 is 6.10 Å². The van der Waals surface area contributed by atoms with Crippen LogP contribution >= 0.6 is 0 Å². The van der Waals surface area contributed by atoms with Crippen molar-refractivity contribution in [3.63, 3.8) is 0 Å². The van der Waals surface area contributed by atoms with Crippen LogP contribution in [0.4, 0.5) is 0 Å². The van der Waals surface area contributed by atoms with Crippen LogP contribution in [-0.4, -0.2) is 5.11 Å². The average Bonchev–Trinajstić information content (AvgIpc) is 2.53. The molecule has 2 nitrogen and oxygen atoms in total. The lowest BCUT2D eigenvalue weighted by molar-refractivity contribution is 0.173. The quantitative estimate of drug-likeness (QED) is 0.847. The van der Waals surface area contributed by atoms with E-state index in [1.54, 1.807) is 0 Å². The number of aliphatic hydroxyl groups is 1. The number of benzene rings is 2. The molecule has 118 valence electrons. The first kappa shape index (κ1) is 16.6. The molecule has 2 aromatic rings. The van der Waals surface area contributed by atoms with Crippen LogP contribution in [0.25, 0.3) is 0 Å². The Morgan fingerprint density at radius 3 is 2.00 bits per heavy atom. The molecule has 0 aliphatic rings. The highest BCUT2D eigenvalue weighted by molar-refractivity contribution is 5.44. The van der Waals surface area contributed by atoms with Gasteiger partial charge in [-0.2, -0.15) is 0 Å². The topological polar surface area (TPSA) is 29.5 Å². The molecule has 0 aliphatic carbocycles. The molecule has 0 aromatic heterocycles. The van der Waals surface area contributed by atoms with Gasteiger partial charge in [-0.05, 0) is 79.6 Å². The van der Waals surface area contributed by atoms with Gasteiger partial charge in [0.2, 0.25) is 0 Å². The fourth-order valence-corrected chi connectivity index (χ4v) is 2.69. The van der Waals surface area contributed by atoms with Crippen molar-refractivity contribution in [1.82, 2.24) is 0 Å². The van der Waals surface area contributed by atoms with E-state index >= 15 is 0 Å². The Morgan fingerprint density at radius 1 is 0.955 bits per heavy atom. The van der Waals surface area contributed by atoms with Gasteiger partial charge in [-0.15, -0.1) is 0 Å². The van der Waals surface area contributed by atoms with E-state index in [0.29, 0.717) is 6.61 Å². The van der Waals surface area contributed by atoms with E-state index in [-0.39, 0.29) is 0 Å². The minimum Gasteiger partial charge on any atom is -0.489 e. The molecule has 0 amide bonds. The van der Waals surface area contributed by atoms with E-state index in [1.807, 2.05) is 31.2 Å². The molecule has 0 bridgehead atoms. The largest absolute Gasteiger partial charge is 0.489 e. The first-order valence-electron chi connectivity index (χ1n) is 7.91. The molecule has 1 atom stereocenters. The number of rotatable bonds is 5. The Kier molecular flexibility index (Phi) is 5.25. The van der Waals surface area contributed by atoms with Crippen molar-refractivity contribution < 1.29 is 9.84 Å². The van der Waals surface area contributed by atoms with Gasteiger partial charge < -0.3 is 9.84 Å². The molecule has 0 spiro atoms. The van der Waals surface area contributed by atoms with Crippen molar-refractivity contribution in [2.24, 2.45) is 0 Å². The second kappa shape index (κ2) is 6.97. The molecule has 2 aromatic carbocycles. The van der Waals surface area contributed by atoms with Crippen LogP contribution < -0.4 is 4.74 Å². The summed E-state index contributed by atoms with van der Waals surface area (Å²) in [4.78, 5) is 0. The van der Waals surface area contributed by atoms with Crippen LogP contribution in [0.3, 0.4) is 0 Å². The van der Waals surface area contributed by atoms with Gasteiger partial charge in [0.1, 0.15) is 12.4 Å². The van der Waals surface area contributed by atoms with E-state index in [4.69, 9.17) is 4.74 Å². The summed E-state index contributed by atoms with van der Waals surface area (Å²) >= 11 is 0. The summed E-state index contributed by atoms with van der Waals surface area (Å²) in [6.07, 6.45) is 0.333. The highest BCUT2D eigenvalue weighted by atomic mass is 16.5. The van der Waals surface area contributed by atoms with Crippen LogP contribution in [0, 0.1) is 27.7 Å². The summed E-state index contributed by atoms with van der Waals surface area (Å²) in [5.41, 5.74) is 7.44. The highest BCUT2D eigenvalue weighted by Crippen LogP contribution is 2.24. The number of aliphatic hydroxyl groups excluding tert-OH is 1. The van der Waals surface area contributed by atoms with Crippen LogP contribution in [0.1, 0.15) is 52.8 Å². The van der Waals surface area contributed by atoms with Gasteiger partial charge in [-0.1, -0.05) is 25.1 Å². The van der Waals surface area contributed by atoms with Crippen molar-refractivity contribution in [3.05, 3.63) is 63.7 Å². The third kappa shape index (κ3) is 3.50. The fraction of sp³-hybridized carbons (Fsp3) is 0.400. The molecule has 0 heterocycles. The van der Waals surface area contributed by atoms with Crippen molar-refractivity contribution in [2.75, 3.05) is 0 Å². The molecule has 0 saturated carbocycles. The summed E-state index contributed by atoms with van der Waals surface area (Å²) in [7, 11) is 0. The molecule has 0 fully saturated rings. The minimum atomic E-state index is -0.391. The van der Waals surface area contributed by atoms with Crippen molar-refractivity contribution >= 4 is 0 Å². The third-order valence-corrected chi connectivity index (χ3v) is 4.56. The monoisotopic (exact) mass is 298 g/mol. The lowest BCUT2D eigenvalue weighted by atomic mass is 9.95. The molecule has 0 saturated heterocycles. The van der Waals surface area contributed by atoms with Gasteiger partial charge in [0.15, 0.2) is 0 Å². The molecule has 1 N–H and O–H groups in total. The third-order valence-electron chi connectivity index (χ3n) is 4.56. The summed E-state index contributed by atoms with van der Waals surface area (Å²) in [5, 5.41) is 9.82. The summed E-state index contributed by atoms with van der Waals surface area (Å²) in [6.45, 7) is 11.2. The Balaban J connectivity index is 2.14. The van der Waals surface area contributed by atoms with Crippen molar-refractivity contribution in [2.45, 2.75) is 53.8 Å². The van der Waals surface area contributed by atoms with E-state index in [2.05, 4.69) is 33.8 Å². The van der Waals surface area contributed by atoms with Crippen LogP contribution in [0.2, 0.25) is 0 Å². The smallest absolute Gasteiger partial charge is 0.119 e. The summed E-state index contributed by atoms with van der Waals surface area (Å²) < 4.78 is 5.95. The lowest BCUT2D eigenvalue weighted by Crippen LogP contribution is -2.04. The van der Waals surface area contributed by atoms with E-state index in [9.17, 15) is 5.11 Å². The normalized spacial score (nSPS) is 12.3.